The maximum atomic E-state index is 11.9. The topological polar surface area (TPSA) is 87.7 Å². The Balaban J connectivity index is 1.88. The molecule has 0 radical (unpaired) electrons. The predicted molar refractivity (Wildman–Crippen MR) is 64.1 cm³/mol. The fourth-order valence-corrected chi connectivity index (χ4v) is 2.49. The van der Waals surface area contributed by atoms with Gasteiger partial charge in [0.15, 0.2) is 0 Å². The van der Waals surface area contributed by atoms with E-state index in [9.17, 15) is 14.7 Å². The van der Waals surface area contributed by atoms with E-state index in [1.807, 2.05) is 0 Å². The number of carbonyl (C=O) groups excluding carboxylic acids is 1. The van der Waals surface area contributed by atoms with E-state index >= 15 is 0 Å². The number of ether oxygens (including phenoxy) is 1. The number of rotatable bonds is 4. The zero-order valence-corrected chi connectivity index (χ0v) is 10.6. The van der Waals surface area contributed by atoms with E-state index in [4.69, 9.17) is 4.74 Å². The number of hydrogen-bond donors (Lipinski definition) is 3. The normalized spacial score (nSPS) is 35.6. The van der Waals surface area contributed by atoms with E-state index in [0.29, 0.717) is 6.42 Å². The van der Waals surface area contributed by atoms with E-state index in [-0.39, 0.29) is 25.2 Å². The first kappa shape index (κ1) is 13.3. The summed E-state index contributed by atoms with van der Waals surface area (Å²) < 4.78 is 5.19. The van der Waals surface area contributed by atoms with Crippen LogP contribution < -0.4 is 10.6 Å². The van der Waals surface area contributed by atoms with Crippen molar-refractivity contribution >= 4 is 11.9 Å². The second kappa shape index (κ2) is 5.24. The van der Waals surface area contributed by atoms with Crippen molar-refractivity contribution in [1.82, 2.24) is 10.6 Å². The van der Waals surface area contributed by atoms with Crippen LogP contribution in [-0.4, -0.2) is 48.8 Å². The summed E-state index contributed by atoms with van der Waals surface area (Å²) in [6.07, 6.45) is 2.51. The van der Waals surface area contributed by atoms with Crippen LogP contribution in [0.4, 0.5) is 0 Å². The standard InChI is InChI=1S/C12H20N2O4/c1-12(11(16)17)7-18-6-9(12)14-10(15)5-8-3-2-4-13-8/h8-9,13H,2-7H2,1H3,(H,14,15)(H,16,17). The lowest BCUT2D eigenvalue weighted by Crippen LogP contribution is -2.50. The monoisotopic (exact) mass is 256 g/mol. The van der Waals surface area contributed by atoms with Gasteiger partial charge in [0.2, 0.25) is 5.91 Å². The summed E-state index contributed by atoms with van der Waals surface area (Å²) in [6, 6.07) is -0.215. The van der Waals surface area contributed by atoms with Crippen molar-refractivity contribution in [3.8, 4) is 0 Å². The average Bonchev–Trinajstić information content (AvgIpc) is 2.90. The molecule has 0 aliphatic carbocycles. The molecule has 2 heterocycles. The Morgan fingerprint density at radius 1 is 1.56 bits per heavy atom. The van der Waals surface area contributed by atoms with Crippen molar-refractivity contribution in [3.05, 3.63) is 0 Å². The number of hydrogen-bond acceptors (Lipinski definition) is 4. The van der Waals surface area contributed by atoms with Crippen LogP contribution in [0.1, 0.15) is 26.2 Å². The Morgan fingerprint density at radius 2 is 2.33 bits per heavy atom. The van der Waals surface area contributed by atoms with Crippen LogP contribution in [0.5, 0.6) is 0 Å². The molecule has 0 bridgehead atoms. The van der Waals surface area contributed by atoms with Gasteiger partial charge in [-0.05, 0) is 26.3 Å². The van der Waals surface area contributed by atoms with Gasteiger partial charge in [0.05, 0.1) is 19.3 Å². The summed E-state index contributed by atoms with van der Waals surface area (Å²) in [6.45, 7) is 2.99. The van der Waals surface area contributed by atoms with Gasteiger partial charge in [-0.3, -0.25) is 9.59 Å². The molecule has 2 saturated heterocycles. The molecule has 3 N–H and O–H groups in total. The van der Waals surface area contributed by atoms with E-state index in [0.717, 1.165) is 19.4 Å². The lowest BCUT2D eigenvalue weighted by Gasteiger charge is -2.25. The summed E-state index contributed by atoms with van der Waals surface area (Å²) in [7, 11) is 0. The van der Waals surface area contributed by atoms with Gasteiger partial charge >= 0.3 is 5.97 Å². The summed E-state index contributed by atoms with van der Waals surface area (Å²) in [5, 5.41) is 15.2. The molecule has 2 aliphatic rings. The molecule has 2 aliphatic heterocycles. The molecule has 1 amide bonds. The predicted octanol–water partition coefficient (Wildman–Crippen LogP) is -0.266. The highest BCUT2D eigenvalue weighted by atomic mass is 16.5. The number of amides is 1. The lowest BCUT2D eigenvalue weighted by atomic mass is 9.85. The molecule has 3 unspecified atom stereocenters. The first-order valence-electron chi connectivity index (χ1n) is 6.36. The molecule has 2 fully saturated rings. The Bertz CT molecular complexity index is 341. The molecule has 102 valence electrons. The van der Waals surface area contributed by atoms with Crippen molar-refractivity contribution < 1.29 is 19.4 Å². The van der Waals surface area contributed by atoms with E-state index in [1.165, 1.54) is 0 Å². The highest BCUT2D eigenvalue weighted by Gasteiger charge is 2.47. The summed E-state index contributed by atoms with van der Waals surface area (Å²) in [4.78, 5) is 23.1. The van der Waals surface area contributed by atoms with Gasteiger partial charge < -0.3 is 20.5 Å². The number of carboxylic acid groups (broad SMARTS) is 1. The lowest BCUT2D eigenvalue weighted by molar-refractivity contribution is -0.149. The van der Waals surface area contributed by atoms with Gasteiger partial charge in [0.25, 0.3) is 0 Å². The maximum Gasteiger partial charge on any atom is 0.313 e. The highest BCUT2D eigenvalue weighted by Crippen LogP contribution is 2.28. The second-order valence-electron chi connectivity index (χ2n) is 5.36. The molecule has 0 saturated carbocycles. The van der Waals surface area contributed by atoms with E-state index in [1.54, 1.807) is 6.92 Å². The quantitative estimate of drug-likeness (QED) is 0.644. The Hall–Kier alpha value is -1.14. The summed E-state index contributed by atoms with van der Waals surface area (Å²) in [5.74, 6) is -1.03. The van der Waals surface area contributed by atoms with E-state index < -0.39 is 17.4 Å². The van der Waals surface area contributed by atoms with Crippen molar-refractivity contribution in [2.45, 2.75) is 38.3 Å². The third kappa shape index (κ3) is 2.64. The van der Waals surface area contributed by atoms with Crippen LogP contribution in [0.15, 0.2) is 0 Å². The summed E-state index contributed by atoms with van der Waals surface area (Å²) >= 11 is 0. The van der Waals surface area contributed by atoms with Crippen LogP contribution in [0, 0.1) is 5.41 Å². The number of carbonyl (C=O) groups is 2. The molecule has 3 atom stereocenters. The van der Waals surface area contributed by atoms with Crippen LogP contribution in [-0.2, 0) is 14.3 Å². The molecule has 0 spiro atoms. The first-order chi connectivity index (χ1) is 8.52. The van der Waals surface area contributed by atoms with Crippen LogP contribution in [0.2, 0.25) is 0 Å². The minimum atomic E-state index is -1.02. The second-order valence-corrected chi connectivity index (χ2v) is 5.36. The largest absolute Gasteiger partial charge is 0.481 e. The van der Waals surface area contributed by atoms with Crippen molar-refractivity contribution in [3.63, 3.8) is 0 Å². The first-order valence-corrected chi connectivity index (χ1v) is 6.36. The SMILES string of the molecule is CC1(C(=O)O)COCC1NC(=O)CC1CCCN1. The van der Waals surface area contributed by atoms with Crippen LogP contribution in [0.25, 0.3) is 0 Å². The van der Waals surface area contributed by atoms with Crippen LogP contribution in [0.3, 0.4) is 0 Å². The van der Waals surface area contributed by atoms with Gasteiger partial charge in [-0.1, -0.05) is 0 Å². The van der Waals surface area contributed by atoms with E-state index in [2.05, 4.69) is 10.6 Å². The van der Waals surface area contributed by atoms with Crippen LogP contribution >= 0.6 is 0 Å². The van der Waals surface area contributed by atoms with Gasteiger partial charge in [-0.2, -0.15) is 0 Å². The molecular formula is C12H20N2O4. The molecule has 0 aromatic rings. The number of nitrogens with one attached hydrogen (secondary N) is 2. The fourth-order valence-electron chi connectivity index (χ4n) is 2.49. The molecule has 18 heavy (non-hydrogen) atoms. The summed E-state index contributed by atoms with van der Waals surface area (Å²) in [5.41, 5.74) is -1.02. The molecule has 0 aromatic heterocycles. The zero-order valence-electron chi connectivity index (χ0n) is 10.6. The molecular weight excluding hydrogens is 236 g/mol. The van der Waals surface area contributed by atoms with Gasteiger partial charge in [0, 0.05) is 12.5 Å². The maximum absolute atomic E-state index is 11.9. The van der Waals surface area contributed by atoms with Crippen molar-refractivity contribution in [1.29, 1.82) is 0 Å². The molecule has 2 rings (SSSR count). The van der Waals surface area contributed by atoms with Crippen molar-refractivity contribution in [2.75, 3.05) is 19.8 Å². The number of carboxylic acids is 1. The average molecular weight is 256 g/mol. The molecule has 6 nitrogen and oxygen atoms in total. The van der Waals surface area contributed by atoms with Gasteiger partial charge in [-0.25, -0.2) is 0 Å². The minimum Gasteiger partial charge on any atom is -0.481 e. The van der Waals surface area contributed by atoms with Gasteiger partial charge in [-0.15, -0.1) is 0 Å². The highest BCUT2D eigenvalue weighted by molar-refractivity contribution is 5.80. The fraction of sp³-hybridized carbons (Fsp3) is 0.833. The van der Waals surface area contributed by atoms with Gasteiger partial charge in [0.1, 0.15) is 5.41 Å². The minimum absolute atomic E-state index is 0.0997. The van der Waals surface area contributed by atoms with Crippen molar-refractivity contribution in [2.24, 2.45) is 5.41 Å². The third-order valence-electron chi connectivity index (χ3n) is 3.87. The Labute approximate surface area is 106 Å². The third-order valence-corrected chi connectivity index (χ3v) is 3.87. The molecule has 0 aromatic carbocycles. The molecule has 6 heteroatoms. The Kier molecular flexibility index (Phi) is 3.87. The number of aliphatic carboxylic acids is 1. The Morgan fingerprint density at radius 3 is 2.94 bits per heavy atom. The smallest absolute Gasteiger partial charge is 0.313 e. The zero-order chi connectivity index (χ0) is 13.2.